The number of esters is 1. The molecule has 170 valence electrons. The van der Waals surface area contributed by atoms with Gasteiger partial charge in [-0.15, -0.1) is 0 Å². The van der Waals surface area contributed by atoms with Crippen molar-refractivity contribution in [1.29, 1.82) is 0 Å². The van der Waals surface area contributed by atoms with E-state index in [-0.39, 0.29) is 39.9 Å². The lowest BCUT2D eigenvalue weighted by molar-refractivity contribution is -0.384. The Morgan fingerprint density at radius 1 is 1.32 bits per heavy atom. The van der Waals surface area contributed by atoms with Crippen LogP contribution in [0.3, 0.4) is 0 Å². The van der Waals surface area contributed by atoms with Gasteiger partial charge in [0.05, 0.1) is 18.0 Å². The van der Waals surface area contributed by atoms with Crippen LogP contribution in [0.2, 0.25) is 0 Å². The zero-order chi connectivity index (χ0) is 23.2. The van der Waals surface area contributed by atoms with Gasteiger partial charge in [0.25, 0.3) is 0 Å². The van der Waals surface area contributed by atoms with Crippen LogP contribution in [0.15, 0.2) is 24.5 Å². The molecule has 0 aliphatic carbocycles. The van der Waals surface area contributed by atoms with Gasteiger partial charge in [0, 0.05) is 32.4 Å². The third-order valence-electron chi connectivity index (χ3n) is 4.99. The Morgan fingerprint density at radius 2 is 2.00 bits per heavy atom. The Balaban J connectivity index is 2.40. The summed E-state index contributed by atoms with van der Waals surface area (Å²) in [5.41, 5.74) is -0.582. The lowest BCUT2D eigenvalue weighted by Crippen LogP contribution is -2.32. The summed E-state index contributed by atoms with van der Waals surface area (Å²) in [6, 6.07) is 2.75. The molecule has 0 unspecified atom stereocenters. The van der Waals surface area contributed by atoms with E-state index in [1.807, 2.05) is 0 Å². The number of alkyl halides is 2. The van der Waals surface area contributed by atoms with E-state index in [4.69, 9.17) is 14.2 Å². The molecule has 0 bridgehead atoms. The molecule has 12 heteroatoms. The lowest BCUT2D eigenvalue weighted by Gasteiger charge is -2.31. The SMILES string of the molecule is COC(=O)[C@H](C)CCCC(OC)(OC)c1cc(-c2c([N+](=O)[O-])cnn2C(F)F)ccn1. The summed E-state index contributed by atoms with van der Waals surface area (Å²) in [5, 5.41) is 14.8. The number of hydrogen-bond acceptors (Lipinski definition) is 8. The summed E-state index contributed by atoms with van der Waals surface area (Å²) < 4.78 is 42.9. The number of halogens is 2. The van der Waals surface area contributed by atoms with Gasteiger partial charge in [0.2, 0.25) is 5.79 Å². The second-order valence-corrected chi connectivity index (χ2v) is 6.77. The van der Waals surface area contributed by atoms with Gasteiger partial charge in [0.15, 0.2) is 5.69 Å². The summed E-state index contributed by atoms with van der Waals surface area (Å²) in [4.78, 5) is 26.4. The fourth-order valence-electron chi connectivity index (χ4n) is 3.29. The normalized spacial score (nSPS) is 12.7. The van der Waals surface area contributed by atoms with E-state index in [1.165, 1.54) is 39.7 Å². The minimum Gasteiger partial charge on any atom is -0.469 e. The molecule has 1 atom stereocenters. The van der Waals surface area contributed by atoms with E-state index in [2.05, 4.69) is 10.1 Å². The molecule has 0 amide bonds. The fourth-order valence-corrected chi connectivity index (χ4v) is 3.29. The summed E-state index contributed by atoms with van der Waals surface area (Å²) in [6.07, 6.45) is 3.37. The average molecular weight is 442 g/mol. The highest BCUT2D eigenvalue weighted by Gasteiger charge is 2.35. The van der Waals surface area contributed by atoms with E-state index in [1.54, 1.807) is 6.92 Å². The molecule has 0 fully saturated rings. The number of carbonyl (C=O) groups is 1. The van der Waals surface area contributed by atoms with Crippen LogP contribution in [-0.4, -0.2) is 47.0 Å². The van der Waals surface area contributed by atoms with Crippen molar-refractivity contribution < 1.29 is 32.7 Å². The number of hydrogen-bond donors (Lipinski definition) is 0. The average Bonchev–Trinajstić information content (AvgIpc) is 3.22. The van der Waals surface area contributed by atoms with Crippen molar-refractivity contribution in [3.05, 3.63) is 40.3 Å². The number of nitrogens with zero attached hydrogens (tertiary/aromatic N) is 4. The smallest absolute Gasteiger partial charge is 0.334 e. The van der Waals surface area contributed by atoms with Crippen LogP contribution in [0, 0.1) is 16.0 Å². The third kappa shape index (κ3) is 5.20. The largest absolute Gasteiger partial charge is 0.469 e. The zero-order valence-corrected chi connectivity index (χ0v) is 17.6. The summed E-state index contributed by atoms with van der Waals surface area (Å²) in [7, 11) is 4.10. The van der Waals surface area contributed by atoms with E-state index in [0.717, 1.165) is 6.20 Å². The number of aromatic nitrogens is 3. The number of rotatable bonds is 11. The van der Waals surface area contributed by atoms with Gasteiger partial charge in [0.1, 0.15) is 11.9 Å². The van der Waals surface area contributed by atoms with Gasteiger partial charge < -0.3 is 14.2 Å². The Morgan fingerprint density at radius 3 is 2.55 bits per heavy atom. The van der Waals surface area contributed by atoms with Crippen molar-refractivity contribution >= 4 is 11.7 Å². The predicted octanol–water partition coefficient (Wildman–Crippen LogP) is 3.67. The maximum atomic E-state index is 13.4. The van der Waals surface area contributed by atoms with Gasteiger partial charge in [-0.05, 0) is 25.0 Å². The first-order chi connectivity index (χ1) is 14.7. The van der Waals surface area contributed by atoms with Crippen LogP contribution in [0.5, 0.6) is 0 Å². The number of ether oxygens (including phenoxy) is 3. The molecule has 0 spiro atoms. The molecule has 0 N–H and O–H groups in total. The van der Waals surface area contributed by atoms with Crippen LogP contribution in [0.4, 0.5) is 14.5 Å². The van der Waals surface area contributed by atoms with Crippen molar-refractivity contribution in [3.63, 3.8) is 0 Å². The number of methoxy groups -OCH3 is 3. The Hall–Kier alpha value is -2.99. The first kappa shape index (κ1) is 24.3. The molecule has 0 radical (unpaired) electrons. The summed E-state index contributed by atoms with van der Waals surface area (Å²) in [5.74, 6) is -2.03. The maximum Gasteiger partial charge on any atom is 0.334 e. The van der Waals surface area contributed by atoms with Crippen LogP contribution < -0.4 is 0 Å². The second kappa shape index (κ2) is 10.4. The highest BCUT2D eigenvalue weighted by atomic mass is 19.3. The monoisotopic (exact) mass is 442 g/mol. The van der Waals surface area contributed by atoms with Gasteiger partial charge >= 0.3 is 18.2 Å². The van der Waals surface area contributed by atoms with Crippen LogP contribution >= 0.6 is 0 Å². The molecule has 0 aliphatic heterocycles. The zero-order valence-electron chi connectivity index (χ0n) is 17.6. The van der Waals surface area contributed by atoms with Gasteiger partial charge in [-0.1, -0.05) is 6.92 Å². The van der Waals surface area contributed by atoms with Crippen molar-refractivity contribution in [3.8, 4) is 11.3 Å². The second-order valence-electron chi connectivity index (χ2n) is 6.77. The highest BCUT2D eigenvalue weighted by Crippen LogP contribution is 2.37. The van der Waals surface area contributed by atoms with Crippen molar-refractivity contribution in [2.75, 3.05) is 21.3 Å². The molecule has 2 aromatic rings. The van der Waals surface area contributed by atoms with Crippen LogP contribution in [0.25, 0.3) is 11.3 Å². The van der Waals surface area contributed by atoms with Crippen molar-refractivity contribution in [2.24, 2.45) is 5.92 Å². The van der Waals surface area contributed by atoms with Crippen LogP contribution in [0.1, 0.15) is 38.4 Å². The van der Waals surface area contributed by atoms with Gasteiger partial charge in [-0.3, -0.25) is 19.9 Å². The highest BCUT2D eigenvalue weighted by molar-refractivity contribution is 5.71. The molecule has 10 nitrogen and oxygen atoms in total. The topological polar surface area (TPSA) is 119 Å². The molecule has 2 heterocycles. The first-order valence-corrected chi connectivity index (χ1v) is 9.35. The lowest BCUT2D eigenvalue weighted by atomic mass is 9.97. The Bertz CT molecular complexity index is 917. The number of nitro groups is 1. The molecule has 0 aromatic carbocycles. The van der Waals surface area contributed by atoms with E-state index < -0.39 is 22.9 Å². The van der Waals surface area contributed by atoms with Crippen LogP contribution in [-0.2, 0) is 24.8 Å². The molecule has 0 saturated heterocycles. The maximum absolute atomic E-state index is 13.4. The molecule has 2 rings (SSSR count). The quantitative estimate of drug-likeness (QED) is 0.224. The number of carbonyl (C=O) groups excluding carboxylic acids is 1. The standard InChI is InChI=1S/C19H24F2N4O6/c1-12(17(26)29-2)6-5-8-19(30-3,31-4)15-10-13(7-9-22-15)16-14(25(27)28)11-23-24(16)18(20)21/h7,9-12,18H,5-6,8H2,1-4H3/t12-/m1/s1. The molecule has 0 saturated carbocycles. The fraction of sp³-hybridized carbons (Fsp3) is 0.526. The summed E-state index contributed by atoms with van der Waals surface area (Å²) in [6.45, 7) is -1.34. The minimum absolute atomic E-state index is 0.107. The van der Waals surface area contributed by atoms with Gasteiger partial charge in [-0.25, -0.2) is 0 Å². The van der Waals surface area contributed by atoms with Gasteiger partial charge in [-0.2, -0.15) is 18.6 Å². The predicted molar refractivity (Wildman–Crippen MR) is 104 cm³/mol. The molecule has 2 aromatic heterocycles. The third-order valence-corrected chi connectivity index (χ3v) is 4.99. The molecular weight excluding hydrogens is 418 g/mol. The first-order valence-electron chi connectivity index (χ1n) is 9.35. The van der Waals surface area contributed by atoms with Crippen molar-refractivity contribution in [2.45, 2.75) is 38.5 Å². The summed E-state index contributed by atoms with van der Waals surface area (Å²) >= 11 is 0. The van der Waals surface area contributed by atoms with Crippen molar-refractivity contribution in [1.82, 2.24) is 14.8 Å². The minimum atomic E-state index is -3.07. The molecular formula is C19H24F2N4O6. The van der Waals surface area contributed by atoms with E-state index in [0.29, 0.717) is 12.8 Å². The molecule has 31 heavy (non-hydrogen) atoms. The Kier molecular flexibility index (Phi) is 8.11. The molecule has 0 aliphatic rings. The van der Waals surface area contributed by atoms with E-state index >= 15 is 0 Å². The van der Waals surface area contributed by atoms with E-state index in [9.17, 15) is 23.7 Å². The number of pyridine rings is 1. The Labute approximate surface area is 177 Å².